The van der Waals surface area contributed by atoms with Crippen LogP contribution < -0.4 is 20.7 Å². The van der Waals surface area contributed by atoms with Crippen LogP contribution in [0.3, 0.4) is 0 Å². The molecular formula is C16H22Cl2F2N4O3. The van der Waals surface area contributed by atoms with Gasteiger partial charge in [0, 0.05) is 30.8 Å². The molecule has 0 radical (unpaired) electrons. The van der Waals surface area contributed by atoms with Gasteiger partial charge in [-0.1, -0.05) is 23.2 Å². The van der Waals surface area contributed by atoms with Crippen molar-refractivity contribution in [3.8, 4) is 5.75 Å². The first-order valence-corrected chi connectivity index (χ1v) is 8.83. The number of hydrogen-bond donors (Lipinski definition) is 3. The smallest absolute Gasteiger partial charge is 0.387 e. The minimum Gasteiger partial charge on any atom is -0.433 e. The van der Waals surface area contributed by atoms with Gasteiger partial charge in [-0.2, -0.15) is 8.78 Å². The number of alkyl halides is 2. The average molecular weight is 427 g/mol. The van der Waals surface area contributed by atoms with Gasteiger partial charge in [-0.05, 0) is 19.1 Å². The van der Waals surface area contributed by atoms with Gasteiger partial charge in [0.2, 0.25) is 5.91 Å². The Morgan fingerprint density at radius 1 is 1.26 bits per heavy atom. The third-order valence-electron chi connectivity index (χ3n) is 3.09. The normalized spacial score (nSPS) is 11.4. The van der Waals surface area contributed by atoms with Crippen molar-refractivity contribution in [2.75, 3.05) is 33.4 Å². The van der Waals surface area contributed by atoms with Gasteiger partial charge in [-0.3, -0.25) is 4.79 Å². The zero-order valence-corrected chi connectivity index (χ0v) is 16.5. The molecule has 0 fully saturated rings. The Morgan fingerprint density at radius 2 is 2.00 bits per heavy atom. The minimum atomic E-state index is -3.03. The van der Waals surface area contributed by atoms with E-state index in [9.17, 15) is 13.6 Å². The van der Waals surface area contributed by atoms with Crippen LogP contribution in [0, 0.1) is 0 Å². The highest BCUT2D eigenvalue weighted by Crippen LogP contribution is 2.34. The van der Waals surface area contributed by atoms with Crippen LogP contribution in [0.25, 0.3) is 0 Å². The maximum absolute atomic E-state index is 12.6. The molecule has 0 spiro atoms. The molecule has 0 aliphatic rings. The number of benzene rings is 1. The van der Waals surface area contributed by atoms with Crippen molar-refractivity contribution >= 4 is 35.1 Å². The lowest BCUT2D eigenvalue weighted by Gasteiger charge is -2.14. The molecule has 0 saturated heterocycles. The Labute approximate surface area is 166 Å². The van der Waals surface area contributed by atoms with Crippen LogP contribution in [-0.4, -0.2) is 51.8 Å². The van der Waals surface area contributed by atoms with Gasteiger partial charge in [0.05, 0.1) is 24.7 Å². The average Bonchev–Trinajstić information content (AvgIpc) is 2.60. The van der Waals surface area contributed by atoms with E-state index in [4.69, 9.17) is 27.9 Å². The molecule has 1 amide bonds. The lowest BCUT2D eigenvalue weighted by molar-refractivity contribution is -0.120. The Bertz CT molecular complexity index is 648. The van der Waals surface area contributed by atoms with E-state index in [1.165, 1.54) is 19.2 Å². The monoisotopic (exact) mass is 426 g/mol. The summed E-state index contributed by atoms with van der Waals surface area (Å²) in [5.74, 6) is -0.114. The first kappa shape index (κ1) is 23.2. The minimum absolute atomic E-state index is 0.0216. The molecule has 11 heteroatoms. The summed E-state index contributed by atoms with van der Waals surface area (Å²) in [7, 11) is 1.54. The van der Waals surface area contributed by atoms with E-state index in [0.717, 1.165) is 0 Å². The Morgan fingerprint density at radius 3 is 2.63 bits per heavy atom. The van der Waals surface area contributed by atoms with Crippen molar-refractivity contribution in [3.05, 3.63) is 27.7 Å². The molecule has 0 bridgehead atoms. The van der Waals surface area contributed by atoms with Crippen LogP contribution in [-0.2, 0) is 16.1 Å². The van der Waals surface area contributed by atoms with Gasteiger partial charge in [0.1, 0.15) is 5.75 Å². The van der Waals surface area contributed by atoms with Gasteiger partial charge in [0.15, 0.2) is 5.96 Å². The quantitative estimate of drug-likeness (QED) is 0.304. The molecule has 7 nitrogen and oxygen atoms in total. The standard InChI is InChI=1S/C16H22Cl2F2N4O3/c1-3-21-16(24-9-13(25)22-4-5-26-2)23-8-10-6-11(17)7-12(18)14(10)27-15(19)20/h6-7,15H,3-5,8-9H2,1-2H3,(H,22,25)(H2,21,23,24). The van der Waals surface area contributed by atoms with Crippen molar-refractivity contribution in [1.82, 2.24) is 16.0 Å². The Balaban J connectivity index is 2.81. The fourth-order valence-corrected chi connectivity index (χ4v) is 2.56. The van der Waals surface area contributed by atoms with E-state index in [1.807, 2.05) is 6.92 Å². The van der Waals surface area contributed by atoms with Gasteiger partial charge in [-0.25, -0.2) is 4.99 Å². The molecule has 1 aromatic carbocycles. The maximum atomic E-state index is 12.6. The molecule has 0 aliphatic heterocycles. The predicted molar refractivity (Wildman–Crippen MR) is 101 cm³/mol. The molecule has 152 valence electrons. The summed E-state index contributed by atoms with van der Waals surface area (Å²) in [6, 6.07) is 2.75. The molecule has 0 atom stereocenters. The first-order valence-electron chi connectivity index (χ1n) is 8.07. The number of ether oxygens (including phenoxy) is 2. The molecule has 0 aliphatic carbocycles. The van der Waals surface area contributed by atoms with Gasteiger partial charge in [-0.15, -0.1) is 0 Å². The largest absolute Gasteiger partial charge is 0.433 e. The summed E-state index contributed by atoms with van der Waals surface area (Å²) in [5, 5.41) is 8.66. The number of halogens is 4. The number of aliphatic imine (C=N–C) groups is 1. The molecule has 0 aromatic heterocycles. The molecule has 27 heavy (non-hydrogen) atoms. The van der Waals surface area contributed by atoms with Crippen molar-refractivity contribution < 1.29 is 23.0 Å². The number of hydrogen-bond acceptors (Lipinski definition) is 4. The summed E-state index contributed by atoms with van der Waals surface area (Å²) in [4.78, 5) is 16.0. The second-order valence-electron chi connectivity index (χ2n) is 5.15. The first-order chi connectivity index (χ1) is 12.9. The van der Waals surface area contributed by atoms with Gasteiger partial charge < -0.3 is 25.4 Å². The zero-order valence-electron chi connectivity index (χ0n) is 15.0. The van der Waals surface area contributed by atoms with E-state index >= 15 is 0 Å². The maximum Gasteiger partial charge on any atom is 0.387 e. The molecule has 0 heterocycles. The van der Waals surface area contributed by atoms with Crippen LogP contribution >= 0.6 is 23.2 Å². The number of nitrogens with one attached hydrogen (secondary N) is 3. The number of guanidine groups is 1. The van der Waals surface area contributed by atoms with Crippen LogP contribution in [0.15, 0.2) is 17.1 Å². The van der Waals surface area contributed by atoms with Crippen LogP contribution in [0.1, 0.15) is 12.5 Å². The summed E-state index contributed by atoms with van der Waals surface area (Å²) < 4.78 is 34.5. The highest BCUT2D eigenvalue weighted by Gasteiger charge is 2.15. The fourth-order valence-electron chi connectivity index (χ4n) is 1.98. The van der Waals surface area contributed by atoms with Crippen LogP contribution in [0.5, 0.6) is 5.75 Å². The highest BCUT2D eigenvalue weighted by molar-refractivity contribution is 6.35. The molecular weight excluding hydrogens is 405 g/mol. The van der Waals surface area contributed by atoms with Crippen LogP contribution in [0.4, 0.5) is 8.78 Å². The molecule has 3 N–H and O–H groups in total. The molecule has 0 unspecified atom stereocenters. The van der Waals surface area contributed by atoms with Crippen molar-refractivity contribution in [2.24, 2.45) is 4.99 Å². The van der Waals surface area contributed by atoms with E-state index in [2.05, 4.69) is 25.7 Å². The van der Waals surface area contributed by atoms with Gasteiger partial charge >= 0.3 is 6.61 Å². The number of methoxy groups -OCH3 is 1. The fraction of sp³-hybridized carbons (Fsp3) is 0.500. The second kappa shape index (κ2) is 12.5. The van der Waals surface area contributed by atoms with Crippen molar-refractivity contribution in [3.63, 3.8) is 0 Å². The summed E-state index contributed by atoms with van der Waals surface area (Å²) >= 11 is 11.9. The highest BCUT2D eigenvalue weighted by atomic mass is 35.5. The molecule has 1 rings (SSSR count). The summed E-state index contributed by atoms with van der Waals surface area (Å²) in [5.41, 5.74) is 0.287. The Kier molecular flexibility index (Phi) is 10.8. The number of carbonyl (C=O) groups excluding carboxylic acids is 1. The van der Waals surface area contributed by atoms with E-state index < -0.39 is 6.61 Å². The summed E-state index contributed by atoms with van der Waals surface area (Å²) in [6.07, 6.45) is 0. The van der Waals surface area contributed by atoms with E-state index in [1.54, 1.807) is 0 Å². The summed E-state index contributed by atoms with van der Waals surface area (Å²) in [6.45, 7) is 0.0802. The SMILES string of the molecule is CCNC(=NCc1cc(Cl)cc(Cl)c1OC(F)F)NCC(=O)NCCOC. The third-order valence-corrected chi connectivity index (χ3v) is 3.59. The molecule has 1 aromatic rings. The second-order valence-corrected chi connectivity index (χ2v) is 5.99. The molecule has 0 saturated carbocycles. The number of nitrogens with zero attached hydrogens (tertiary/aromatic N) is 1. The van der Waals surface area contributed by atoms with Crippen molar-refractivity contribution in [2.45, 2.75) is 20.1 Å². The number of rotatable bonds is 10. The predicted octanol–water partition coefficient (Wildman–Crippen LogP) is 2.41. The lowest BCUT2D eigenvalue weighted by Crippen LogP contribution is -2.43. The number of carbonyl (C=O) groups is 1. The van der Waals surface area contributed by atoms with Gasteiger partial charge in [0.25, 0.3) is 0 Å². The lowest BCUT2D eigenvalue weighted by atomic mass is 10.2. The zero-order chi connectivity index (χ0) is 20.2. The number of amides is 1. The van der Waals surface area contributed by atoms with Crippen molar-refractivity contribution in [1.29, 1.82) is 0 Å². The van der Waals surface area contributed by atoms with E-state index in [0.29, 0.717) is 25.7 Å². The topological polar surface area (TPSA) is 84.0 Å². The third kappa shape index (κ3) is 9.07. The van der Waals surface area contributed by atoms with E-state index in [-0.39, 0.29) is 40.4 Å². The Hall–Kier alpha value is -1.84. The van der Waals surface area contributed by atoms with Crippen LogP contribution in [0.2, 0.25) is 10.0 Å².